The quantitative estimate of drug-likeness (QED) is 0.512. The Hall–Kier alpha value is -3.71. The molecule has 182 valence electrons. The number of aromatic nitrogens is 1. The molecule has 2 amide bonds. The fraction of sp³-hybridized carbons (Fsp3) is 0.321. The molecule has 7 nitrogen and oxygen atoms in total. The van der Waals surface area contributed by atoms with E-state index in [-0.39, 0.29) is 11.7 Å². The number of ether oxygens (including phenoxy) is 1. The Labute approximate surface area is 205 Å². The lowest BCUT2D eigenvalue weighted by Gasteiger charge is -2.45. The molecule has 3 N–H and O–H groups in total. The van der Waals surface area contributed by atoms with Crippen molar-refractivity contribution in [2.75, 3.05) is 6.54 Å². The van der Waals surface area contributed by atoms with Crippen LogP contribution in [0.15, 0.2) is 72.8 Å². The minimum Gasteiger partial charge on any atom is -0.438 e. The fourth-order valence-corrected chi connectivity index (χ4v) is 4.74. The van der Waals surface area contributed by atoms with Crippen LogP contribution in [0.4, 0.5) is 4.79 Å². The van der Waals surface area contributed by atoms with Crippen LogP contribution in [0.5, 0.6) is 0 Å². The Kier molecular flexibility index (Phi) is 6.63. The van der Waals surface area contributed by atoms with Crippen molar-refractivity contribution in [2.24, 2.45) is 5.73 Å². The van der Waals surface area contributed by atoms with Crippen molar-refractivity contribution in [3.05, 3.63) is 89.6 Å². The normalized spacial score (nSPS) is 19.2. The molecular weight excluding hydrogens is 442 g/mol. The van der Waals surface area contributed by atoms with Crippen LogP contribution >= 0.6 is 0 Å². The zero-order valence-electron chi connectivity index (χ0n) is 20.3. The first-order valence-electron chi connectivity index (χ1n) is 11.7. The molecule has 1 saturated heterocycles. The molecule has 1 aromatic heterocycles. The van der Waals surface area contributed by atoms with Crippen molar-refractivity contribution in [3.8, 4) is 11.3 Å². The highest BCUT2D eigenvalue weighted by Gasteiger charge is 2.46. The second kappa shape index (κ2) is 9.50. The van der Waals surface area contributed by atoms with Gasteiger partial charge in [-0.1, -0.05) is 60.7 Å². The Morgan fingerprint density at radius 1 is 1.11 bits per heavy atom. The van der Waals surface area contributed by atoms with Gasteiger partial charge >= 0.3 is 6.09 Å². The predicted molar refractivity (Wildman–Crippen MR) is 133 cm³/mol. The van der Waals surface area contributed by atoms with Crippen LogP contribution in [0.3, 0.4) is 0 Å². The number of rotatable bonds is 7. The van der Waals surface area contributed by atoms with Gasteiger partial charge in [0.15, 0.2) is 0 Å². The summed E-state index contributed by atoms with van der Waals surface area (Å²) in [6, 6.07) is 22.3. The summed E-state index contributed by atoms with van der Waals surface area (Å²) in [6.07, 6.45) is 0.472. The molecule has 1 fully saturated rings. The maximum atomic E-state index is 13.2. The molecule has 7 heteroatoms. The molecule has 3 aromatic rings. The Morgan fingerprint density at radius 2 is 1.80 bits per heavy atom. The van der Waals surface area contributed by atoms with E-state index in [0.717, 1.165) is 16.7 Å². The van der Waals surface area contributed by atoms with E-state index in [2.05, 4.69) is 4.98 Å². The van der Waals surface area contributed by atoms with E-state index in [1.165, 1.54) is 0 Å². The van der Waals surface area contributed by atoms with Gasteiger partial charge in [0.25, 0.3) is 5.91 Å². The number of nitrogens with zero attached hydrogens (tertiary/aromatic N) is 2. The minimum atomic E-state index is -1.00. The number of benzene rings is 2. The third-order valence-corrected chi connectivity index (χ3v) is 6.45. The number of amides is 2. The first kappa shape index (κ1) is 24.4. The van der Waals surface area contributed by atoms with Crippen LogP contribution in [0, 0.1) is 0 Å². The van der Waals surface area contributed by atoms with E-state index in [1.807, 2.05) is 67.6 Å². The molecule has 0 aliphatic carbocycles. The Balaban J connectivity index is 1.53. The van der Waals surface area contributed by atoms with Gasteiger partial charge in [0.05, 0.1) is 17.3 Å². The van der Waals surface area contributed by atoms with Crippen LogP contribution in [0.1, 0.15) is 61.3 Å². The van der Waals surface area contributed by atoms with Crippen LogP contribution in [-0.2, 0) is 10.3 Å². The maximum Gasteiger partial charge on any atom is 0.411 e. The third-order valence-electron chi connectivity index (χ3n) is 6.45. The van der Waals surface area contributed by atoms with E-state index >= 15 is 0 Å². The van der Waals surface area contributed by atoms with Crippen LogP contribution in [-0.4, -0.2) is 39.1 Å². The van der Waals surface area contributed by atoms with Crippen molar-refractivity contribution in [1.82, 2.24) is 9.88 Å². The molecule has 2 aromatic carbocycles. The summed E-state index contributed by atoms with van der Waals surface area (Å²) < 4.78 is 6.09. The molecule has 1 aliphatic rings. The second-order valence-corrected chi connectivity index (χ2v) is 9.73. The van der Waals surface area contributed by atoms with E-state index in [1.54, 1.807) is 30.9 Å². The highest BCUT2D eigenvalue weighted by Crippen LogP contribution is 2.42. The summed E-state index contributed by atoms with van der Waals surface area (Å²) in [5, 5.41) is 10.6. The van der Waals surface area contributed by atoms with Gasteiger partial charge in [0.2, 0.25) is 0 Å². The highest BCUT2D eigenvalue weighted by molar-refractivity contribution is 5.91. The molecule has 0 unspecified atom stereocenters. The van der Waals surface area contributed by atoms with Gasteiger partial charge in [0.1, 0.15) is 11.3 Å². The van der Waals surface area contributed by atoms with Gasteiger partial charge in [-0.2, -0.15) is 0 Å². The van der Waals surface area contributed by atoms with Crippen molar-refractivity contribution in [3.63, 3.8) is 0 Å². The molecule has 2 heterocycles. The van der Waals surface area contributed by atoms with E-state index in [0.29, 0.717) is 25.1 Å². The summed E-state index contributed by atoms with van der Waals surface area (Å²) in [4.78, 5) is 30.7. The SMILES string of the molecule is C[C@@H](c1ccc(-c2cccc(C(N)=O)n2)cc1)N1CC[C@](CC(C)(C)O)(c2ccccc2)OC1=O. The van der Waals surface area contributed by atoms with Gasteiger partial charge in [-0.3, -0.25) is 4.79 Å². The molecule has 0 bridgehead atoms. The number of carbonyl (C=O) groups excluding carboxylic acids is 2. The maximum absolute atomic E-state index is 13.2. The number of aliphatic hydroxyl groups is 1. The van der Waals surface area contributed by atoms with E-state index in [4.69, 9.17) is 10.5 Å². The molecule has 4 rings (SSSR count). The number of cyclic esters (lactones) is 1. The lowest BCUT2D eigenvalue weighted by Crippen LogP contribution is -2.51. The Morgan fingerprint density at radius 3 is 2.40 bits per heavy atom. The molecule has 1 aliphatic heterocycles. The molecule has 0 radical (unpaired) electrons. The number of carbonyl (C=O) groups is 2. The van der Waals surface area contributed by atoms with Crippen molar-refractivity contribution < 1.29 is 19.4 Å². The molecular formula is C28H31N3O4. The zero-order valence-corrected chi connectivity index (χ0v) is 20.3. The van der Waals surface area contributed by atoms with Gasteiger partial charge < -0.3 is 20.5 Å². The zero-order chi connectivity index (χ0) is 25.2. The smallest absolute Gasteiger partial charge is 0.411 e. The predicted octanol–water partition coefficient (Wildman–Crippen LogP) is 4.81. The molecule has 35 heavy (non-hydrogen) atoms. The summed E-state index contributed by atoms with van der Waals surface area (Å²) in [5.41, 5.74) is 7.01. The molecule has 0 saturated carbocycles. The van der Waals surface area contributed by atoms with E-state index < -0.39 is 23.2 Å². The van der Waals surface area contributed by atoms with Crippen molar-refractivity contribution in [1.29, 1.82) is 0 Å². The monoisotopic (exact) mass is 473 g/mol. The van der Waals surface area contributed by atoms with Crippen molar-refractivity contribution >= 4 is 12.0 Å². The van der Waals surface area contributed by atoms with Gasteiger partial charge in [-0.25, -0.2) is 9.78 Å². The average molecular weight is 474 g/mol. The second-order valence-electron chi connectivity index (χ2n) is 9.73. The lowest BCUT2D eigenvalue weighted by molar-refractivity contribution is -0.101. The summed E-state index contributed by atoms with van der Waals surface area (Å²) in [7, 11) is 0. The first-order chi connectivity index (χ1) is 16.6. The van der Waals surface area contributed by atoms with Crippen molar-refractivity contribution in [2.45, 2.75) is 50.9 Å². The molecule has 2 atom stereocenters. The number of primary amides is 1. The largest absolute Gasteiger partial charge is 0.438 e. The van der Waals surface area contributed by atoms with Crippen LogP contribution in [0.2, 0.25) is 0 Å². The van der Waals surface area contributed by atoms with Gasteiger partial charge in [-0.15, -0.1) is 0 Å². The summed E-state index contributed by atoms with van der Waals surface area (Å²) in [5.74, 6) is -0.572. The standard InChI is InChI=1S/C28H31N3O4/c1-19(20-12-14-21(15-13-20)23-10-7-11-24(30-23)25(29)32)31-17-16-28(35-26(31)33,18-27(2,3)34)22-8-5-4-6-9-22/h4-15,19,34H,16-18H2,1-3H3,(H2,29,32)/t19-,28-/m0/s1. The summed E-state index contributed by atoms with van der Waals surface area (Å²) in [6.45, 7) is 5.93. The highest BCUT2D eigenvalue weighted by atomic mass is 16.6. The topological polar surface area (TPSA) is 106 Å². The number of nitrogens with two attached hydrogens (primary N) is 1. The first-order valence-corrected chi connectivity index (χ1v) is 11.7. The van der Waals surface area contributed by atoms with Gasteiger partial charge in [-0.05, 0) is 44.0 Å². The van der Waals surface area contributed by atoms with Crippen LogP contribution in [0.25, 0.3) is 11.3 Å². The number of hydrogen-bond donors (Lipinski definition) is 2. The summed E-state index contributed by atoms with van der Waals surface area (Å²) >= 11 is 0. The van der Waals surface area contributed by atoms with Gasteiger partial charge in [0, 0.05) is 24.9 Å². The van der Waals surface area contributed by atoms with Crippen LogP contribution < -0.4 is 5.73 Å². The lowest BCUT2D eigenvalue weighted by atomic mass is 9.80. The fourth-order valence-electron chi connectivity index (χ4n) is 4.74. The third kappa shape index (κ3) is 5.35. The van der Waals surface area contributed by atoms with E-state index in [9.17, 15) is 14.7 Å². The minimum absolute atomic E-state index is 0.211. The number of hydrogen-bond acceptors (Lipinski definition) is 5. The Bertz CT molecular complexity index is 1200. The average Bonchev–Trinajstić information content (AvgIpc) is 2.83. The number of pyridine rings is 1. The molecule has 0 spiro atoms.